The van der Waals surface area contributed by atoms with Crippen molar-refractivity contribution in [2.24, 2.45) is 0 Å². The second-order valence-electron chi connectivity index (χ2n) is 7.80. The Kier molecular flexibility index (Phi) is 7.07. The van der Waals surface area contributed by atoms with Crippen molar-refractivity contribution in [2.45, 2.75) is 19.9 Å². The van der Waals surface area contributed by atoms with Gasteiger partial charge in [0.1, 0.15) is 22.1 Å². The third-order valence-corrected chi connectivity index (χ3v) is 6.81. The number of aryl methyl sites for hydroxylation is 1. The van der Waals surface area contributed by atoms with Gasteiger partial charge in [-0.1, -0.05) is 23.5 Å². The van der Waals surface area contributed by atoms with Crippen LogP contribution >= 0.6 is 11.3 Å². The quantitative estimate of drug-likeness (QED) is 0.218. The molecule has 10 heteroatoms. The predicted octanol–water partition coefficient (Wildman–Crippen LogP) is 4.27. The zero-order valence-corrected chi connectivity index (χ0v) is 20.9. The first-order chi connectivity index (χ1) is 17.3. The number of anilines is 1. The fraction of sp³-hybridized carbons (Fsp3) is 0.231. The van der Waals surface area contributed by atoms with Gasteiger partial charge < -0.3 is 19.3 Å². The minimum Gasteiger partial charge on any atom is -0.507 e. The summed E-state index contributed by atoms with van der Waals surface area (Å²) in [4.78, 5) is 44.6. The number of carbonyl (C=O) groups excluding carboxylic acids is 3. The normalized spacial score (nSPS) is 16.8. The highest BCUT2D eigenvalue weighted by Crippen LogP contribution is 2.44. The number of benzene rings is 2. The number of rotatable bonds is 7. The average Bonchev–Trinajstić information content (AvgIpc) is 3.40. The largest absolute Gasteiger partial charge is 0.507 e. The van der Waals surface area contributed by atoms with Gasteiger partial charge in [-0.15, -0.1) is 0 Å². The number of amides is 1. The molecule has 0 radical (unpaired) electrons. The highest BCUT2D eigenvalue weighted by molar-refractivity contribution is 7.17. The van der Waals surface area contributed by atoms with Crippen LogP contribution in [0.4, 0.5) is 5.13 Å². The number of aromatic nitrogens is 1. The van der Waals surface area contributed by atoms with Gasteiger partial charge in [-0.2, -0.15) is 0 Å². The van der Waals surface area contributed by atoms with Crippen molar-refractivity contribution in [1.82, 2.24) is 4.98 Å². The number of hydrogen-bond donors (Lipinski definition) is 1. The molecule has 3 aromatic rings. The van der Waals surface area contributed by atoms with Crippen molar-refractivity contribution in [3.8, 4) is 11.5 Å². The van der Waals surface area contributed by atoms with Crippen LogP contribution < -0.4 is 14.4 Å². The Balaban J connectivity index is 1.89. The minimum atomic E-state index is -0.987. The van der Waals surface area contributed by atoms with Crippen LogP contribution in [0.15, 0.2) is 54.1 Å². The molecule has 1 N–H and O–H groups in total. The molecule has 2 heterocycles. The van der Waals surface area contributed by atoms with Crippen LogP contribution in [-0.2, 0) is 14.3 Å². The van der Waals surface area contributed by atoms with Crippen LogP contribution in [0.1, 0.15) is 39.5 Å². The number of aliphatic hydroxyl groups is 1. The number of aliphatic hydroxyl groups excluding tert-OH is 1. The molecule has 2 aromatic carbocycles. The molecule has 0 saturated carbocycles. The molecular weight excluding hydrogens is 484 g/mol. The van der Waals surface area contributed by atoms with E-state index in [1.807, 2.05) is 6.92 Å². The smallest absolute Gasteiger partial charge is 0.350 e. The molecule has 36 heavy (non-hydrogen) atoms. The van der Waals surface area contributed by atoms with E-state index in [9.17, 15) is 19.5 Å². The molecule has 0 aliphatic carbocycles. The second kappa shape index (κ2) is 10.2. The predicted molar refractivity (Wildman–Crippen MR) is 134 cm³/mol. The number of Topliss-reactive ketones (excluding diaryl/α,β-unsaturated/α-hetero) is 1. The number of thiazole rings is 1. The summed E-state index contributed by atoms with van der Waals surface area (Å²) in [7, 11) is 2.77. The Hall–Kier alpha value is -4.18. The van der Waals surface area contributed by atoms with E-state index in [-0.39, 0.29) is 21.3 Å². The molecule has 1 aliphatic rings. The first-order valence-electron chi connectivity index (χ1n) is 11.0. The van der Waals surface area contributed by atoms with Gasteiger partial charge in [-0.3, -0.25) is 14.5 Å². The van der Waals surface area contributed by atoms with Crippen molar-refractivity contribution >= 4 is 39.9 Å². The van der Waals surface area contributed by atoms with E-state index in [0.717, 1.165) is 11.3 Å². The second-order valence-corrected chi connectivity index (χ2v) is 8.78. The van der Waals surface area contributed by atoms with E-state index in [0.29, 0.717) is 34.9 Å². The van der Waals surface area contributed by atoms with Crippen molar-refractivity contribution < 1.29 is 33.7 Å². The molecule has 186 valence electrons. The lowest BCUT2D eigenvalue weighted by molar-refractivity contribution is -0.132. The molecule has 0 unspecified atom stereocenters. The van der Waals surface area contributed by atoms with E-state index in [1.165, 1.54) is 19.1 Å². The molecule has 1 atom stereocenters. The van der Waals surface area contributed by atoms with E-state index in [4.69, 9.17) is 14.2 Å². The average molecular weight is 509 g/mol. The summed E-state index contributed by atoms with van der Waals surface area (Å²) in [5.74, 6) is -1.47. The maximum atomic E-state index is 13.3. The van der Waals surface area contributed by atoms with Gasteiger partial charge in [0.25, 0.3) is 5.78 Å². The van der Waals surface area contributed by atoms with Crippen LogP contribution in [0.3, 0.4) is 0 Å². The number of methoxy groups -OCH3 is 2. The summed E-state index contributed by atoms with van der Waals surface area (Å²) in [6.07, 6.45) is 0. The summed E-state index contributed by atoms with van der Waals surface area (Å²) >= 11 is 0.941. The number of nitrogens with zero attached hydrogens (tertiary/aromatic N) is 2. The van der Waals surface area contributed by atoms with Gasteiger partial charge in [0.2, 0.25) is 0 Å². The number of hydrogen-bond acceptors (Lipinski definition) is 9. The van der Waals surface area contributed by atoms with Crippen molar-refractivity contribution in [2.75, 3.05) is 25.7 Å². The number of ether oxygens (including phenoxy) is 3. The molecule has 1 aliphatic heterocycles. The Labute approximate surface area is 211 Å². The Morgan fingerprint density at radius 2 is 1.69 bits per heavy atom. The van der Waals surface area contributed by atoms with Crippen LogP contribution in [0.25, 0.3) is 5.76 Å². The standard InChI is InChI=1S/C26H24N2O7S/c1-5-35-18-12-6-15(7-13-18)20-19(21(29)16-8-10-17(33-3)11-9-16)22(30)24(31)28(20)26-27-14(2)23(36-26)25(32)34-4/h6-13,20,29H,5H2,1-4H3/t20-/m1/s1. The third-order valence-electron chi connectivity index (χ3n) is 5.68. The van der Waals surface area contributed by atoms with Crippen LogP contribution in [-0.4, -0.2) is 48.6 Å². The molecule has 0 bridgehead atoms. The maximum Gasteiger partial charge on any atom is 0.350 e. The molecule has 4 rings (SSSR count). The SMILES string of the molecule is CCOc1ccc([C@@H]2C(=C(O)c3ccc(OC)cc3)C(=O)C(=O)N2c2nc(C)c(C(=O)OC)s2)cc1. The van der Waals surface area contributed by atoms with E-state index in [1.54, 1.807) is 55.5 Å². The first kappa shape index (κ1) is 24.9. The highest BCUT2D eigenvalue weighted by Gasteiger charge is 2.48. The lowest BCUT2D eigenvalue weighted by atomic mass is 9.95. The maximum absolute atomic E-state index is 13.3. The fourth-order valence-electron chi connectivity index (χ4n) is 3.93. The fourth-order valence-corrected chi connectivity index (χ4v) is 4.94. The van der Waals surface area contributed by atoms with Gasteiger partial charge in [0.15, 0.2) is 5.13 Å². The Morgan fingerprint density at radius 1 is 1.06 bits per heavy atom. The van der Waals surface area contributed by atoms with Gasteiger partial charge >= 0.3 is 11.9 Å². The molecule has 1 saturated heterocycles. The highest BCUT2D eigenvalue weighted by atomic mass is 32.1. The van der Waals surface area contributed by atoms with E-state index in [2.05, 4.69) is 4.98 Å². The van der Waals surface area contributed by atoms with Crippen molar-refractivity contribution in [3.63, 3.8) is 0 Å². The van der Waals surface area contributed by atoms with Crippen LogP contribution in [0.2, 0.25) is 0 Å². The number of esters is 1. The van der Waals surface area contributed by atoms with Gasteiger partial charge in [0.05, 0.1) is 38.1 Å². The zero-order chi connectivity index (χ0) is 26.0. The summed E-state index contributed by atoms with van der Waals surface area (Å²) in [5.41, 5.74) is 1.17. The number of ketones is 1. The van der Waals surface area contributed by atoms with Gasteiger partial charge in [-0.25, -0.2) is 9.78 Å². The summed E-state index contributed by atoms with van der Waals surface area (Å²) in [6, 6.07) is 12.4. The molecule has 9 nitrogen and oxygen atoms in total. The van der Waals surface area contributed by atoms with Crippen molar-refractivity contribution in [3.05, 3.63) is 75.8 Å². The molecule has 1 amide bonds. The monoisotopic (exact) mass is 508 g/mol. The molecular formula is C26H24N2O7S. The van der Waals surface area contributed by atoms with Crippen LogP contribution in [0.5, 0.6) is 11.5 Å². The van der Waals surface area contributed by atoms with Crippen LogP contribution in [0, 0.1) is 6.92 Å². The summed E-state index contributed by atoms with van der Waals surface area (Å²) in [5, 5.41) is 11.4. The Bertz CT molecular complexity index is 1340. The zero-order valence-electron chi connectivity index (χ0n) is 20.1. The lowest BCUT2D eigenvalue weighted by Crippen LogP contribution is -2.29. The molecule has 0 spiro atoms. The Morgan fingerprint density at radius 3 is 2.28 bits per heavy atom. The van der Waals surface area contributed by atoms with E-state index < -0.39 is 23.7 Å². The summed E-state index contributed by atoms with van der Waals surface area (Å²) < 4.78 is 15.5. The van der Waals surface area contributed by atoms with E-state index >= 15 is 0 Å². The first-order valence-corrected chi connectivity index (χ1v) is 11.9. The minimum absolute atomic E-state index is 0.0956. The topological polar surface area (TPSA) is 115 Å². The molecule has 1 fully saturated rings. The summed E-state index contributed by atoms with van der Waals surface area (Å²) in [6.45, 7) is 3.96. The van der Waals surface area contributed by atoms with Crippen molar-refractivity contribution in [1.29, 1.82) is 0 Å². The third kappa shape index (κ3) is 4.42. The lowest BCUT2D eigenvalue weighted by Gasteiger charge is -2.23. The van der Waals surface area contributed by atoms with Gasteiger partial charge in [-0.05, 0) is 55.8 Å². The molecule has 1 aromatic heterocycles. The number of carbonyl (C=O) groups is 3. The van der Waals surface area contributed by atoms with Gasteiger partial charge in [0, 0.05) is 5.56 Å².